The van der Waals surface area contributed by atoms with Crippen LogP contribution < -0.4 is 10.2 Å². The number of benzene rings is 1. The number of terminal acetylenes is 1. The second kappa shape index (κ2) is 5.96. The van der Waals surface area contributed by atoms with Gasteiger partial charge < -0.3 is 15.3 Å². The summed E-state index contributed by atoms with van der Waals surface area (Å²) < 4.78 is 0. The molecule has 1 heterocycles. The van der Waals surface area contributed by atoms with Crippen LogP contribution in [0.25, 0.3) is 0 Å². The van der Waals surface area contributed by atoms with Crippen LogP contribution in [0.4, 0.5) is 16.2 Å². The summed E-state index contributed by atoms with van der Waals surface area (Å²) in [5, 5.41) is 11.5. The predicted octanol–water partition coefficient (Wildman–Crippen LogP) is 0.585. The van der Waals surface area contributed by atoms with E-state index in [0.717, 1.165) is 4.90 Å². The van der Waals surface area contributed by atoms with Crippen molar-refractivity contribution in [1.29, 1.82) is 0 Å². The Kier molecular flexibility index (Phi) is 4.09. The Bertz CT molecular complexity index is 635. The molecule has 21 heavy (non-hydrogen) atoms. The summed E-state index contributed by atoms with van der Waals surface area (Å²) >= 11 is 0. The van der Waals surface area contributed by atoms with Crippen molar-refractivity contribution in [1.82, 2.24) is 4.90 Å². The van der Waals surface area contributed by atoms with Crippen molar-refractivity contribution in [3.8, 4) is 12.3 Å². The number of rotatable bonds is 3. The van der Waals surface area contributed by atoms with E-state index in [4.69, 9.17) is 11.5 Å². The van der Waals surface area contributed by atoms with Gasteiger partial charge in [-0.05, 0) is 12.1 Å². The summed E-state index contributed by atoms with van der Waals surface area (Å²) in [5.41, 5.74) is 1.01. The third-order valence-electron chi connectivity index (χ3n) is 2.88. The third kappa shape index (κ3) is 3.12. The molecule has 0 aromatic heterocycles. The number of carboxylic acid groups (broad SMARTS) is 1. The van der Waals surface area contributed by atoms with Crippen molar-refractivity contribution in [3.05, 3.63) is 24.3 Å². The van der Waals surface area contributed by atoms with E-state index in [9.17, 15) is 14.4 Å². The molecule has 1 aliphatic heterocycles. The first-order valence-electron chi connectivity index (χ1n) is 6.13. The number of aliphatic carboxylic acids is 1. The van der Waals surface area contributed by atoms with Gasteiger partial charge in [0.1, 0.15) is 13.1 Å². The summed E-state index contributed by atoms with van der Waals surface area (Å²) in [5.74, 6) is 0.721. The fourth-order valence-electron chi connectivity index (χ4n) is 2.04. The molecule has 0 bridgehead atoms. The predicted molar refractivity (Wildman–Crippen MR) is 75.9 cm³/mol. The molecule has 0 spiro atoms. The van der Waals surface area contributed by atoms with Gasteiger partial charge in [-0.3, -0.25) is 14.5 Å². The van der Waals surface area contributed by atoms with Crippen LogP contribution in [0.2, 0.25) is 0 Å². The molecule has 1 aromatic carbocycles. The van der Waals surface area contributed by atoms with Gasteiger partial charge in [0.05, 0.1) is 17.9 Å². The fourth-order valence-corrected chi connectivity index (χ4v) is 2.04. The van der Waals surface area contributed by atoms with E-state index in [1.54, 1.807) is 24.3 Å². The van der Waals surface area contributed by atoms with Crippen LogP contribution >= 0.6 is 0 Å². The smallest absolute Gasteiger partial charge is 0.326 e. The number of carboxylic acids is 1. The molecule has 3 amide bonds. The second-order valence-electron chi connectivity index (χ2n) is 4.39. The van der Waals surface area contributed by atoms with Gasteiger partial charge in [-0.2, -0.15) is 0 Å². The first-order valence-corrected chi connectivity index (χ1v) is 6.13. The van der Waals surface area contributed by atoms with Gasteiger partial charge in [0, 0.05) is 0 Å². The van der Waals surface area contributed by atoms with Gasteiger partial charge in [-0.15, -0.1) is 6.42 Å². The SMILES string of the molecule is C#CCN(CC(=O)O)C(=O)N1CC(=O)Nc2ccccc21. The number of hydrogen-bond donors (Lipinski definition) is 2. The quantitative estimate of drug-likeness (QED) is 0.796. The van der Waals surface area contributed by atoms with E-state index >= 15 is 0 Å². The average Bonchev–Trinajstić information content (AvgIpc) is 2.44. The van der Waals surface area contributed by atoms with Crippen LogP contribution in [0.5, 0.6) is 0 Å². The fraction of sp³-hybridized carbons (Fsp3) is 0.214. The Morgan fingerprint density at radius 1 is 1.43 bits per heavy atom. The summed E-state index contributed by atoms with van der Waals surface area (Å²) in [7, 11) is 0. The number of urea groups is 1. The maximum atomic E-state index is 12.4. The molecular formula is C14H13N3O4. The number of carbonyl (C=O) groups excluding carboxylic acids is 2. The van der Waals surface area contributed by atoms with E-state index in [2.05, 4.69) is 11.2 Å². The normalized spacial score (nSPS) is 12.9. The monoisotopic (exact) mass is 287 g/mol. The number of carbonyl (C=O) groups is 3. The highest BCUT2D eigenvalue weighted by molar-refractivity contribution is 6.09. The molecule has 0 aliphatic carbocycles. The number of nitrogens with one attached hydrogen (secondary N) is 1. The first kappa shape index (κ1) is 14.4. The number of para-hydroxylation sites is 2. The Hall–Kier alpha value is -3.01. The highest BCUT2D eigenvalue weighted by atomic mass is 16.4. The summed E-state index contributed by atoms with van der Waals surface area (Å²) in [6.45, 7) is -0.856. The molecule has 0 radical (unpaired) electrons. The Balaban J connectivity index is 2.31. The zero-order chi connectivity index (χ0) is 15.4. The zero-order valence-corrected chi connectivity index (χ0v) is 11.1. The van der Waals surface area contributed by atoms with Crippen LogP contribution in [0.15, 0.2) is 24.3 Å². The molecule has 7 heteroatoms. The molecule has 0 saturated carbocycles. The van der Waals surface area contributed by atoms with Gasteiger partial charge in [0.15, 0.2) is 0 Å². The van der Waals surface area contributed by atoms with Crippen molar-refractivity contribution in [2.75, 3.05) is 29.9 Å². The van der Waals surface area contributed by atoms with Gasteiger partial charge in [0.25, 0.3) is 0 Å². The van der Waals surface area contributed by atoms with Gasteiger partial charge in [-0.1, -0.05) is 18.1 Å². The van der Waals surface area contributed by atoms with Crippen LogP contribution in [-0.4, -0.2) is 47.5 Å². The minimum Gasteiger partial charge on any atom is -0.480 e. The lowest BCUT2D eigenvalue weighted by Crippen LogP contribution is -2.50. The van der Waals surface area contributed by atoms with Crippen molar-refractivity contribution in [3.63, 3.8) is 0 Å². The summed E-state index contributed by atoms with van der Waals surface area (Å²) in [4.78, 5) is 37.1. The van der Waals surface area contributed by atoms with E-state index in [1.807, 2.05) is 0 Å². The molecule has 0 fully saturated rings. The molecule has 2 rings (SSSR count). The maximum Gasteiger partial charge on any atom is 0.326 e. The molecule has 108 valence electrons. The first-order chi connectivity index (χ1) is 10.0. The lowest BCUT2D eigenvalue weighted by Gasteiger charge is -2.32. The van der Waals surface area contributed by atoms with Crippen molar-refractivity contribution >= 4 is 29.3 Å². The number of anilines is 2. The molecule has 7 nitrogen and oxygen atoms in total. The number of nitrogens with zero attached hydrogens (tertiary/aromatic N) is 2. The van der Waals surface area contributed by atoms with Crippen LogP contribution in [0.1, 0.15) is 0 Å². The van der Waals surface area contributed by atoms with Gasteiger partial charge in [-0.25, -0.2) is 4.79 Å². The highest BCUT2D eigenvalue weighted by Gasteiger charge is 2.30. The lowest BCUT2D eigenvalue weighted by molar-refractivity contribution is -0.137. The standard InChI is InChI=1S/C14H13N3O4/c1-2-7-16(9-13(19)20)14(21)17-8-12(18)15-10-5-3-4-6-11(10)17/h1,3-6H,7-9H2,(H,15,18)(H,19,20). The summed E-state index contributed by atoms with van der Waals surface area (Å²) in [6, 6.07) is 6.16. The Morgan fingerprint density at radius 2 is 2.14 bits per heavy atom. The van der Waals surface area contributed by atoms with Crippen LogP contribution in [0, 0.1) is 12.3 Å². The number of hydrogen-bond acceptors (Lipinski definition) is 3. The number of amides is 3. The largest absolute Gasteiger partial charge is 0.480 e. The number of fused-ring (bicyclic) bond motifs is 1. The van der Waals surface area contributed by atoms with Crippen LogP contribution in [0.3, 0.4) is 0 Å². The van der Waals surface area contributed by atoms with Gasteiger partial charge >= 0.3 is 12.0 Å². The van der Waals surface area contributed by atoms with E-state index < -0.39 is 18.5 Å². The Labute approximate surface area is 121 Å². The second-order valence-corrected chi connectivity index (χ2v) is 4.39. The molecular weight excluding hydrogens is 274 g/mol. The lowest BCUT2D eigenvalue weighted by atomic mass is 10.2. The van der Waals surface area contributed by atoms with Gasteiger partial charge in [0.2, 0.25) is 5.91 Å². The molecule has 1 aromatic rings. The molecule has 2 N–H and O–H groups in total. The molecule has 0 atom stereocenters. The highest BCUT2D eigenvalue weighted by Crippen LogP contribution is 2.29. The average molecular weight is 287 g/mol. The van der Waals surface area contributed by atoms with Crippen molar-refractivity contribution in [2.45, 2.75) is 0 Å². The molecule has 1 aliphatic rings. The van der Waals surface area contributed by atoms with Crippen molar-refractivity contribution < 1.29 is 19.5 Å². The zero-order valence-electron chi connectivity index (χ0n) is 11.1. The van der Waals surface area contributed by atoms with E-state index in [0.29, 0.717) is 11.4 Å². The maximum absolute atomic E-state index is 12.4. The Morgan fingerprint density at radius 3 is 2.81 bits per heavy atom. The minimum absolute atomic E-state index is 0.147. The van der Waals surface area contributed by atoms with E-state index in [1.165, 1.54) is 4.90 Å². The van der Waals surface area contributed by atoms with Crippen molar-refractivity contribution in [2.24, 2.45) is 0 Å². The molecule has 0 saturated heterocycles. The van der Waals surface area contributed by atoms with E-state index in [-0.39, 0.29) is 19.0 Å². The molecule has 0 unspecified atom stereocenters. The summed E-state index contributed by atoms with van der Waals surface area (Å²) in [6.07, 6.45) is 5.16. The third-order valence-corrected chi connectivity index (χ3v) is 2.88. The topological polar surface area (TPSA) is 90.0 Å². The van der Waals surface area contributed by atoms with Crippen LogP contribution in [-0.2, 0) is 9.59 Å². The minimum atomic E-state index is -1.17.